The van der Waals surface area contributed by atoms with E-state index in [2.05, 4.69) is 109 Å². The van der Waals surface area contributed by atoms with E-state index in [4.69, 9.17) is 9.97 Å². The number of hydrogen-bond acceptors (Lipinski definition) is 5. The summed E-state index contributed by atoms with van der Waals surface area (Å²) in [6.07, 6.45) is 6.91. The van der Waals surface area contributed by atoms with Gasteiger partial charge in [-0.05, 0) is 123 Å². The van der Waals surface area contributed by atoms with Crippen LogP contribution in [-0.4, -0.2) is 33.0 Å². The molecule has 3 aliphatic heterocycles. The molecule has 3 aromatic carbocycles. The summed E-state index contributed by atoms with van der Waals surface area (Å²) in [5.41, 5.74) is 12.7. The molecule has 0 bridgehead atoms. The molecule has 5 aromatic rings. The molecule has 4 N–H and O–H groups in total. The predicted molar refractivity (Wildman–Crippen MR) is 184 cm³/mol. The smallest absolute Gasteiger partial charge is 0.124 e. The zero-order chi connectivity index (χ0) is 30.9. The van der Waals surface area contributed by atoms with E-state index in [9.17, 15) is 0 Å². The Morgan fingerprint density at radius 3 is 1.56 bits per heavy atom. The van der Waals surface area contributed by atoms with E-state index in [0.29, 0.717) is 12.1 Å². The number of benzene rings is 3. The quantitative estimate of drug-likeness (QED) is 0.163. The fourth-order valence-corrected chi connectivity index (χ4v) is 8.30. The highest BCUT2D eigenvalue weighted by Gasteiger charge is 2.38. The Balaban J connectivity index is 1.21. The van der Waals surface area contributed by atoms with Gasteiger partial charge in [-0.15, -0.1) is 0 Å². The summed E-state index contributed by atoms with van der Waals surface area (Å²) in [7, 11) is 0. The van der Waals surface area contributed by atoms with Crippen LogP contribution >= 0.6 is 0 Å². The summed E-state index contributed by atoms with van der Waals surface area (Å²) in [4.78, 5) is 20.2. The minimum absolute atomic E-state index is 0.116. The number of hydrogen-bond donors (Lipinski definition) is 4. The van der Waals surface area contributed by atoms with Gasteiger partial charge in [0.1, 0.15) is 11.6 Å². The van der Waals surface area contributed by atoms with Crippen molar-refractivity contribution in [1.82, 2.24) is 30.6 Å². The summed E-state index contributed by atoms with van der Waals surface area (Å²) >= 11 is 0. The number of aryl methyl sites for hydroxylation is 2. The molecule has 45 heavy (non-hydrogen) atoms. The molecule has 0 spiro atoms. The van der Waals surface area contributed by atoms with Crippen LogP contribution < -0.4 is 15.5 Å². The van der Waals surface area contributed by atoms with Crippen LogP contribution in [0.3, 0.4) is 0 Å². The highest BCUT2D eigenvalue weighted by molar-refractivity contribution is 5.82. The van der Waals surface area contributed by atoms with Gasteiger partial charge in [-0.3, -0.25) is 0 Å². The fourth-order valence-electron chi connectivity index (χ4n) is 8.30. The van der Waals surface area contributed by atoms with Gasteiger partial charge in [0.05, 0.1) is 46.2 Å². The minimum atomic E-state index is 0.116. The van der Waals surface area contributed by atoms with Gasteiger partial charge in [0, 0.05) is 5.69 Å². The molecule has 0 amide bonds. The van der Waals surface area contributed by atoms with E-state index >= 15 is 0 Å². The second kappa shape index (κ2) is 11.0. The van der Waals surface area contributed by atoms with E-state index in [1.165, 1.54) is 57.4 Å². The average Bonchev–Trinajstić information content (AvgIpc) is 3.86. The van der Waals surface area contributed by atoms with Gasteiger partial charge in [0.25, 0.3) is 0 Å². The number of nitrogens with zero attached hydrogens (tertiary/aromatic N) is 3. The molecule has 0 radical (unpaired) electrons. The number of H-pyrrole nitrogens is 2. The van der Waals surface area contributed by atoms with Crippen molar-refractivity contribution in [2.45, 2.75) is 103 Å². The van der Waals surface area contributed by atoms with E-state index in [-0.39, 0.29) is 17.5 Å². The van der Waals surface area contributed by atoms with Gasteiger partial charge in [-0.1, -0.05) is 45.0 Å². The Bertz CT molecular complexity index is 1740. The van der Waals surface area contributed by atoms with E-state index in [0.717, 1.165) is 61.5 Å². The van der Waals surface area contributed by atoms with Gasteiger partial charge in [0.2, 0.25) is 0 Å². The molecule has 7 heteroatoms. The highest BCUT2D eigenvalue weighted by atomic mass is 15.2. The summed E-state index contributed by atoms with van der Waals surface area (Å²) < 4.78 is 0. The van der Waals surface area contributed by atoms with Crippen molar-refractivity contribution in [3.63, 3.8) is 0 Å². The predicted octanol–water partition coefficient (Wildman–Crippen LogP) is 8.29. The average molecular weight is 602 g/mol. The molecule has 0 saturated carbocycles. The lowest BCUT2D eigenvalue weighted by Gasteiger charge is -2.35. The maximum absolute atomic E-state index is 5.02. The van der Waals surface area contributed by atoms with Gasteiger partial charge in [-0.2, -0.15) is 0 Å². The third kappa shape index (κ3) is 4.95. The summed E-state index contributed by atoms with van der Waals surface area (Å²) in [6.45, 7) is 13.6. The first-order chi connectivity index (χ1) is 21.8. The molecule has 0 aliphatic carbocycles. The molecule has 0 unspecified atom stereocenters. The Morgan fingerprint density at radius 1 is 0.644 bits per heavy atom. The Morgan fingerprint density at radius 2 is 1.13 bits per heavy atom. The van der Waals surface area contributed by atoms with Crippen LogP contribution in [0.4, 0.5) is 5.69 Å². The monoisotopic (exact) mass is 601 g/mol. The number of fused-ring (bicyclic) bond motifs is 2. The molecule has 3 saturated heterocycles. The normalized spacial score (nSPS) is 24.1. The maximum atomic E-state index is 5.02. The maximum Gasteiger partial charge on any atom is 0.124 e. The van der Waals surface area contributed by atoms with E-state index < -0.39 is 0 Å². The SMILES string of the molecule is Cc1c([C@H]2CC[C@@H](c3ccc4nc([C@@H]5CCCN5)[nH]c4c3C)N2c2ccc(C(C)(C)C)cc2)ccc2nc([C@@H]3CCCN3)[nH]c12. The van der Waals surface area contributed by atoms with Crippen molar-refractivity contribution in [3.8, 4) is 0 Å². The van der Waals surface area contributed by atoms with Crippen molar-refractivity contribution < 1.29 is 0 Å². The Hall–Kier alpha value is -3.68. The van der Waals surface area contributed by atoms with Crippen LogP contribution in [0.5, 0.6) is 0 Å². The van der Waals surface area contributed by atoms with Crippen LogP contribution in [0.1, 0.15) is 123 Å². The minimum Gasteiger partial charge on any atom is -0.357 e. The van der Waals surface area contributed by atoms with Crippen LogP contribution in [0, 0.1) is 13.8 Å². The third-order valence-corrected chi connectivity index (χ3v) is 10.9. The van der Waals surface area contributed by atoms with Crippen molar-refractivity contribution in [2.75, 3.05) is 18.0 Å². The van der Waals surface area contributed by atoms with Crippen LogP contribution in [0.25, 0.3) is 22.1 Å². The Labute approximate surface area is 266 Å². The first kappa shape index (κ1) is 28.8. The van der Waals surface area contributed by atoms with E-state index in [1.54, 1.807) is 0 Å². The molecule has 4 atom stereocenters. The van der Waals surface area contributed by atoms with Crippen molar-refractivity contribution >= 4 is 27.8 Å². The summed E-state index contributed by atoms with van der Waals surface area (Å²) in [5.74, 6) is 2.16. The van der Waals surface area contributed by atoms with Crippen LogP contribution in [0.2, 0.25) is 0 Å². The third-order valence-electron chi connectivity index (χ3n) is 10.9. The molecule has 2 aromatic heterocycles. The Kier molecular flexibility index (Phi) is 7.03. The van der Waals surface area contributed by atoms with Crippen LogP contribution in [-0.2, 0) is 5.41 Å². The second-order valence-corrected chi connectivity index (χ2v) is 14.7. The van der Waals surface area contributed by atoms with Crippen LogP contribution in [0.15, 0.2) is 48.5 Å². The lowest BCUT2D eigenvalue weighted by molar-refractivity contribution is 0.589. The zero-order valence-corrected chi connectivity index (χ0v) is 27.4. The summed E-state index contributed by atoms with van der Waals surface area (Å²) in [5, 5.41) is 7.23. The second-order valence-electron chi connectivity index (χ2n) is 14.7. The standard InChI is InChI=1S/C38H47N7/c1-22-26(14-16-28-34(22)43-36(41-28)30-8-6-20-39-30)32-18-19-33(45(32)25-12-10-24(11-13-25)38(3,4)5)27-15-17-29-35(23(27)2)44-37(42-29)31-9-7-21-40-31/h10-17,30-33,39-40H,6-9,18-21H2,1-5H3,(H,41,43)(H,42,44)/t30-,31-,32-,33+/m0/s1. The van der Waals surface area contributed by atoms with Crippen molar-refractivity contribution in [3.05, 3.63) is 88.0 Å². The first-order valence-corrected chi connectivity index (χ1v) is 17.1. The van der Waals surface area contributed by atoms with Gasteiger partial charge in [-0.25, -0.2) is 9.97 Å². The lowest BCUT2D eigenvalue weighted by atomic mass is 9.87. The largest absolute Gasteiger partial charge is 0.357 e. The molecule has 3 aliphatic rings. The number of nitrogens with one attached hydrogen (secondary N) is 4. The number of aromatic amines is 2. The zero-order valence-electron chi connectivity index (χ0n) is 27.4. The molecular weight excluding hydrogens is 554 g/mol. The number of anilines is 1. The highest BCUT2D eigenvalue weighted by Crippen LogP contribution is 2.49. The number of aromatic nitrogens is 4. The van der Waals surface area contributed by atoms with Crippen molar-refractivity contribution in [2.24, 2.45) is 0 Å². The topological polar surface area (TPSA) is 84.7 Å². The molecule has 3 fully saturated rings. The lowest BCUT2D eigenvalue weighted by Crippen LogP contribution is -2.27. The number of imidazole rings is 2. The molecule has 234 valence electrons. The van der Waals surface area contributed by atoms with Gasteiger partial charge < -0.3 is 25.5 Å². The molecule has 7 nitrogen and oxygen atoms in total. The molecular formula is C38H47N7. The van der Waals surface area contributed by atoms with Gasteiger partial charge >= 0.3 is 0 Å². The molecule has 8 rings (SSSR count). The number of rotatable bonds is 5. The van der Waals surface area contributed by atoms with E-state index in [1.807, 2.05) is 0 Å². The van der Waals surface area contributed by atoms with Gasteiger partial charge in [0.15, 0.2) is 0 Å². The van der Waals surface area contributed by atoms with Crippen molar-refractivity contribution in [1.29, 1.82) is 0 Å². The summed E-state index contributed by atoms with van der Waals surface area (Å²) in [6, 6.07) is 19.7. The first-order valence-electron chi connectivity index (χ1n) is 17.1. The molecule has 5 heterocycles. The fraction of sp³-hybridized carbons (Fsp3) is 0.474.